The Kier molecular flexibility index (Phi) is 3.06. The molecule has 3 heteroatoms. The molecule has 1 aliphatic heterocycles. The van der Waals surface area contributed by atoms with Crippen molar-refractivity contribution in [2.24, 2.45) is 17.1 Å². The van der Waals surface area contributed by atoms with Crippen LogP contribution in [0.5, 0.6) is 0 Å². The van der Waals surface area contributed by atoms with Gasteiger partial charge in [0.15, 0.2) is 0 Å². The molecule has 0 spiro atoms. The van der Waals surface area contributed by atoms with E-state index in [1.54, 1.807) is 0 Å². The zero-order chi connectivity index (χ0) is 10.9. The second kappa shape index (κ2) is 4.04. The number of rotatable bonds is 2. The summed E-state index contributed by atoms with van der Waals surface area (Å²) in [6.07, 6.45) is 4.97. The maximum Gasteiger partial charge on any atom is 0.0739 e. The van der Waals surface area contributed by atoms with Crippen LogP contribution in [0.1, 0.15) is 39.0 Å². The molecule has 1 saturated heterocycles. The molecule has 0 bridgehead atoms. The maximum atomic E-state index is 10.8. The molecule has 2 fully saturated rings. The summed E-state index contributed by atoms with van der Waals surface area (Å²) in [4.78, 5) is 0. The Bertz CT molecular complexity index is 216. The van der Waals surface area contributed by atoms with E-state index in [-0.39, 0.29) is 5.41 Å². The van der Waals surface area contributed by atoms with Gasteiger partial charge in [-0.2, -0.15) is 0 Å². The summed E-state index contributed by atoms with van der Waals surface area (Å²) in [6.45, 7) is 4.22. The van der Waals surface area contributed by atoms with Gasteiger partial charge < -0.3 is 15.6 Å². The van der Waals surface area contributed by atoms with E-state index >= 15 is 0 Å². The fourth-order valence-corrected chi connectivity index (χ4v) is 3.10. The standard InChI is InChI=1S/C12H23NO2/c1-10-2-4-12(14,5-3-10)11(8-13)6-7-15-9-11/h10,14H,2-9,13H2,1H3. The molecule has 2 rings (SSSR count). The minimum Gasteiger partial charge on any atom is -0.389 e. The quantitative estimate of drug-likeness (QED) is 0.727. The summed E-state index contributed by atoms with van der Waals surface area (Å²) in [6, 6.07) is 0. The first-order chi connectivity index (χ1) is 7.12. The van der Waals surface area contributed by atoms with Crippen LogP contribution < -0.4 is 5.73 Å². The van der Waals surface area contributed by atoms with Gasteiger partial charge in [-0.15, -0.1) is 0 Å². The molecule has 1 heterocycles. The molecule has 2 aliphatic rings. The van der Waals surface area contributed by atoms with E-state index in [4.69, 9.17) is 10.5 Å². The van der Waals surface area contributed by atoms with Gasteiger partial charge in [0.2, 0.25) is 0 Å². The van der Waals surface area contributed by atoms with Crippen molar-refractivity contribution < 1.29 is 9.84 Å². The molecule has 0 aromatic rings. The van der Waals surface area contributed by atoms with Gasteiger partial charge in [-0.05, 0) is 38.0 Å². The predicted octanol–water partition coefficient (Wildman–Crippen LogP) is 1.29. The molecule has 0 aromatic heterocycles. The molecule has 3 N–H and O–H groups in total. The van der Waals surface area contributed by atoms with Crippen molar-refractivity contribution in [3.63, 3.8) is 0 Å². The Morgan fingerprint density at radius 1 is 1.33 bits per heavy atom. The third-order valence-corrected chi connectivity index (χ3v) is 4.58. The highest BCUT2D eigenvalue weighted by atomic mass is 16.5. The van der Waals surface area contributed by atoms with Crippen LogP contribution in [0.25, 0.3) is 0 Å². The second-order valence-electron chi connectivity index (χ2n) is 5.50. The first-order valence-corrected chi connectivity index (χ1v) is 6.12. The molecule has 1 aliphatic carbocycles. The van der Waals surface area contributed by atoms with Gasteiger partial charge in [-0.1, -0.05) is 6.92 Å². The van der Waals surface area contributed by atoms with Crippen molar-refractivity contribution in [3.8, 4) is 0 Å². The van der Waals surface area contributed by atoms with E-state index in [0.717, 1.165) is 44.6 Å². The average molecular weight is 213 g/mol. The molecule has 0 aromatic carbocycles. The lowest BCUT2D eigenvalue weighted by Gasteiger charge is -2.47. The van der Waals surface area contributed by atoms with Gasteiger partial charge >= 0.3 is 0 Å². The topological polar surface area (TPSA) is 55.5 Å². The first kappa shape index (κ1) is 11.4. The molecule has 0 radical (unpaired) electrons. The zero-order valence-corrected chi connectivity index (χ0v) is 9.67. The Labute approximate surface area is 92.0 Å². The minimum atomic E-state index is -0.565. The van der Waals surface area contributed by atoms with Crippen LogP contribution >= 0.6 is 0 Å². The highest BCUT2D eigenvalue weighted by Gasteiger charge is 2.52. The van der Waals surface area contributed by atoms with Crippen molar-refractivity contribution in [1.82, 2.24) is 0 Å². The number of ether oxygens (including phenoxy) is 1. The number of nitrogens with two attached hydrogens (primary N) is 1. The Morgan fingerprint density at radius 3 is 2.47 bits per heavy atom. The smallest absolute Gasteiger partial charge is 0.0739 e. The van der Waals surface area contributed by atoms with Crippen molar-refractivity contribution in [2.45, 2.75) is 44.6 Å². The average Bonchev–Trinajstić information content (AvgIpc) is 2.73. The molecular formula is C12H23NO2. The fraction of sp³-hybridized carbons (Fsp3) is 1.00. The van der Waals surface area contributed by atoms with Gasteiger partial charge in [0, 0.05) is 18.6 Å². The lowest BCUT2D eigenvalue weighted by molar-refractivity contribution is -0.113. The lowest BCUT2D eigenvalue weighted by atomic mass is 9.63. The predicted molar refractivity (Wildman–Crippen MR) is 59.5 cm³/mol. The number of hydrogen-bond acceptors (Lipinski definition) is 3. The van der Waals surface area contributed by atoms with Gasteiger partial charge in [-0.25, -0.2) is 0 Å². The fourth-order valence-electron chi connectivity index (χ4n) is 3.10. The van der Waals surface area contributed by atoms with Crippen molar-refractivity contribution in [2.75, 3.05) is 19.8 Å². The van der Waals surface area contributed by atoms with E-state index < -0.39 is 5.60 Å². The van der Waals surface area contributed by atoms with Crippen LogP contribution in [0.4, 0.5) is 0 Å². The second-order valence-corrected chi connectivity index (χ2v) is 5.50. The van der Waals surface area contributed by atoms with E-state index in [9.17, 15) is 5.11 Å². The Balaban J connectivity index is 2.12. The minimum absolute atomic E-state index is 0.160. The summed E-state index contributed by atoms with van der Waals surface area (Å²) >= 11 is 0. The van der Waals surface area contributed by atoms with E-state index in [1.807, 2.05) is 0 Å². The summed E-state index contributed by atoms with van der Waals surface area (Å²) in [5.74, 6) is 0.752. The van der Waals surface area contributed by atoms with Gasteiger partial charge in [-0.3, -0.25) is 0 Å². The molecule has 1 unspecified atom stereocenters. The van der Waals surface area contributed by atoms with E-state index in [2.05, 4.69) is 6.92 Å². The summed E-state index contributed by atoms with van der Waals surface area (Å²) in [5, 5.41) is 10.8. The summed E-state index contributed by atoms with van der Waals surface area (Å²) in [5.41, 5.74) is 5.16. The molecule has 1 saturated carbocycles. The SMILES string of the molecule is CC1CCC(O)(C2(CN)CCOC2)CC1. The molecule has 3 nitrogen and oxygen atoms in total. The molecule has 1 atom stereocenters. The van der Waals surface area contributed by atoms with Crippen molar-refractivity contribution in [3.05, 3.63) is 0 Å². The van der Waals surface area contributed by atoms with E-state index in [0.29, 0.717) is 13.2 Å². The van der Waals surface area contributed by atoms with Crippen LogP contribution in [0.2, 0.25) is 0 Å². The largest absolute Gasteiger partial charge is 0.389 e. The van der Waals surface area contributed by atoms with Crippen molar-refractivity contribution in [1.29, 1.82) is 0 Å². The molecule has 88 valence electrons. The maximum absolute atomic E-state index is 10.8. The van der Waals surface area contributed by atoms with Crippen LogP contribution in [0.15, 0.2) is 0 Å². The van der Waals surface area contributed by atoms with Gasteiger partial charge in [0.25, 0.3) is 0 Å². The molecular weight excluding hydrogens is 190 g/mol. The first-order valence-electron chi connectivity index (χ1n) is 6.12. The Morgan fingerprint density at radius 2 is 2.00 bits per heavy atom. The summed E-state index contributed by atoms with van der Waals surface area (Å²) < 4.78 is 5.46. The Hall–Kier alpha value is -0.120. The highest BCUT2D eigenvalue weighted by molar-refractivity contribution is 5.03. The normalized spacial score (nSPS) is 47.0. The highest BCUT2D eigenvalue weighted by Crippen LogP contribution is 2.47. The zero-order valence-electron chi connectivity index (χ0n) is 9.67. The monoisotopic (exact) mass is 213 g/mol. The van der Waals surface area contributed by atoms with E-state index in [1.165, 1.54) is 0 Å². The van der Waals surface area contributed by atoms with Gasteiger partial charge in [0.1, 0.15) is 0 Å². The lowest BCUT2D eigenvalue weighted by Crippen LogP contribution is -2.54. The van der Waals surface area contributed by atoms with Gasteiger partial charge in [0.05, 0.1) is 12.2 Å². The third kappa shape index (κ3) is 1.81. The number of hydrogen-bond donors (Lipinski definition) is 2. The van der Waals surface area contributed by atoms with Crippen molar-refractivity contribution >= 4 is 0 Å². The number of aliphatic hydroxyl groups is 1. The van der Waals surface area contributed by atoms with Crippen LogP contribution in [-0.4, -0.2) is 30.5 Å². The molecule has 15 heavy (non-hydrogen) atoms. The summed E-state index contributed by atoms with van der Waals surface area (Å²) in [7, 11) is 0. The third-order valence-electron chi connectivity index (χ3n) is 4.58. The van der Waals surface area contributed by atoms with Crippen LogP contribution in [0, 0.1) is 11.3 Å². The van der Waals surface area contributed by atoms with Crippen LogP contribution in [0.3, 0.4) is 0 Å². The molecule has 0 amide bonds. The van der Waals surface area contributed by atoms with Crippen LogP contribution in [-0.2, 0) is 4.74 Å².